The summed E-state index contributed by atoms with van der Waals surface area (Å²) in [6.07, 6.45) is 2.67. The van der Waals surface area contributed by atoms with Gasteiger partial charge in [-0.2, -0.15) is 0 Å². The lowest BCUT2D eigenvalue weighted by molar-refractivity contribution is -0.141. The Hall–Kier alpha value is -3.81. The van der Waals surface area contributed by atoms with Crippen molar-refractivity contribution in [1.29, 1.82) is 0 Å². The Bertz CT molecular complexity index is 1130. The number of aromatic amines is 1. The molecular weight excluding hydrogens is 444 g/mol. The van der Waals surface area contributed by atoms with Crippen molar-refractivity contribution in [3.63, 3.8) is 0 Å². The number of para-hydroxylation sites is 1. The number of amides is 3. The van der Waals surface area contributed by atoms with Crippen molar-refractivity contribution < 1.29 is 19.1 Å². The van der Waals surface area contributed by atoms with E-state index in [-0.39, 0.29) is 31.6 Å². The fraction of sp³-hybridized carbons (Fsp3) is 0.370. The Kier molecular flexibility index (Phi) is 9.29. The van der Waals surface area contributed by atoms with E-state index < -0.39 is 12.0 Å². The number of fused-ring (bicyclic) bond motifs is 1. The van der Waals surface area contributed by atoms with Gasteiger partial charge in [0.2, 0.25) is 5.91 Å². The number of nitrogens with zero attached hydrogens (tertiary/aromatic N) is 2. The van der Waals surface area contributed by atoms with Gasteiger partial charge in [-0.3, -0.25) is 9.59 Å². The molecule has 0 spiro atoms. The zero-order chi connectivity index (χ0) is 25.2. The van der Waals surface area contributed by atoms with Crippen LogP contribution in [0.2, 0.25) is 0 Å². The third-order valence-corrected chi connectivity index (χ3v) is 5.77. The highest BCUT2D eigenvalue weighted by atomic mass is 16.5. The number of nitrogens with one attached hydrogen (secondary N) is 2. The van der Waals surface area contributed by atoms with Crippen LogP contribution in [0, 0.1) is 0 Å². The van der Waals surface area contributed by atoms with Crippen LogP contribution in [-0.4, -0.2) is 65.0 Å². The summed E-state index contributed by atoms with van der Waals surface area (Å²) in [7, 11) is 0. The van der Waals surface area contributed by atoms with Gasteiger partial charge < -0.3 is 24.8 Å². The van der Waals surface area contributed by atoms with Gasteiger partial charge in [-0.25, -0.2) is 4.79 Å². The summed E-state index contributed by atoms with van der Waals surface area (Å²) in [5.41, 5.74) is 3.22. The number of benzene rings is 2. The van der Waals surface area contributed by atoms with Gasteiger partial charge >= 0.3 is 12.0 Å². The molecule has 0 bridgehead atoms. The molecule has 0 fully saturated rings. The normalized spacial score (nSPS) is 10.9. The van der Waals surface area contributed by atoms with Crippen LogP contribution in [0.3, 0.4) is 0 Å². The lowest BCUT2D eigenvalue weighted by Gasteiger charge is -2.30. The molecule has 0 aliphatic rings. The molecule has 0 atom stereocenters. The van der Waals surface area contributed by atoms with Crippen molar-refractivity contribution in [2.24, 2.45) is 0 Å². The topological polar surface area (TPSA) is 94.7 Å². The molecule has 3 rings (SSSR count). The van der Waals surface area contributed by atoms with Crippen LogP contribution in [0.15, 0.2) is 60.8 Å². The number of urea groups is 1. The maximum atomic E-state index is 13.4. The van der Waals surface area contributed by atoms with Crippen molar-refractivity contribution in [2.75, 3.05) is 26.2 Å². The van der Waals surface area contributed by atoms with Crippen molar-refractivity contribution in [2.45, 2.75) is 39.8 Å². The molecule has 35 heavy (non-hydrogen) atoms. The first-order valence-electron chi connectivity index (χ1n) is 12.0. The van der Waals surface area contributed by atoms with Crippen LogP contribution in [0.4, 0.5) is 4.79 Å². The van der Waals surface area contributed by atoms with Gasteiger partial charge in [0.05, 0.1) is 6.61 Å². The van der Waals surface area contributed by atoms with Gasteiger partial charge in [0.25, 0.3) is 0 Å². The Morgan fingerprint density at radius 2 is 1.74 bits per heavy atom. The maximum absolute atomic E-state index is 13.4. The lowest BCUT2D eigenvalue weighted by atomic mass is 10.1. The van der Waals surface area contributed by atoms with Gasteiger partial charge in [-0.05, 0) is 44.4 Å². The van der Waals surface area contributed by atoms with Gasteiger partial charge in [-0.15, -0.1) is 0 Å². The molecular formula is C27H34N4O4. The Labute approximate surface area is 206 Å². The quantitative estimate of drug-likeness (QED) is 0.411. The van der Waals surface area contributed by atoms with E-state index >= 15 is 0 Å². The summed E-state index contributed by atoms with van der Waals surface area (Å²) in [4.78, 5) is 44.3. The molecule has 8 nitrogen and oxygen atoms in total. The molecule has 0 unspecified atom stereocenters. The van der Waals surface area contributed by atoms with E-state index in [0.717, 1.165) is 22.0 Å². The first kappa shape index (κ1) is 25.8. The first-order chi connectivity index (χ1) is 16.9. The monoisotopic (exact) mass is 478 g/mol. The number of H-pyrrole nitrogens is 1. The Morgan fingerprint density at radius 1 is 1.03 bits per heavy atom. The van der Waals surface area contributed by atoms with Gasteiger partial charge in [0, 0.05) is 36.2 Å². The number of ether oxygens (including phenoxy) is 1. The molecule has 0 aliphatic heterocycles. The zero-order valence-electron chi connectivity index (χ0n) is 20.6. The Morgan fingerprint density at radius 3 is 2.46 bits per heavy atom. The molecule has 186 valence electrons. The lowest BCUT2D eigenvalue weighted by Crippen LogP contribution is -2.50. The molecule has 0 saturated heterocycles. The molecule has 0 saturated carbocycles. The minimum absolute atomic E-state index is 0.0902. The van der Waals surface area contributed by atoms with Crippen molar-refractivity contribution in [3.05, 3.63) is 71.9 Å². The average molecular weight is 479 g/mol. The highest BCUT2D eigenvalue weighted by Gasteiger charge is 2.24. The van der Waals surface area contributed by atoms with Crippen LogP contribution in [-0.2, 0) is 27.3 Å². The molecule has 0 aliphatic carbocycles. The van der Waals surface area contributed by atoms with Gasteiger partial charge in [0.15, 0.2) is 0 Å². The first-order valence-corrected chi connectivity index (χ1v) is 12.0. The fourth-order valence-corrected chi connectivity index (χ4v) is 3.89. The van der Waals surface area contributed by atoms with Crippen LogP contribution in [0.25, 0.3) is 10.9 Å². The van der Waals surface area contributed by atoms with E-state index in [1.54, 1.807) is 11.8 Å². The molecule has 3 aromatic rings. The predicted octanol–water partition coefficient (Wildman–Crippen LogP) is 3.72. The average Bonchev–Trinajstić information content (AvgIpc) is 3.27. The number of hydrogen-bond donors (Lipinski definition) is 2. The van der Waals surface area contributed by atoms with E-state index in [2.05, 4.69) is 16.4 Å². The minimum Gasteiger partial charge on any atom is -0.465 e. The molecule has 2 aromatic carbocycles. The SMILES string of the molecule is CCOC(=O)CNC(=O)N(CC(=O)N(CCc1c[nH]c2ccccc12)Cc1ccccc1)C(C)C. The zero-order valence-corrected chi connectivity index (χ0v) is 20.6. The second kappa shape index (κ2) is 12.6. The van der Waals surface area contributed by atoms with Gasteiger partial charge in [-0.1, -0.05) is 48.5 Å². The highest BCUT2D eigenvalue weighted by molar-refractivity contribution is 5.86. The van der Waals surface area contributed by atoms with Crippen LogP contribution in [0.5, 0.6) is 0 Å². The van der Waals surface area contributed by atoms with Crippen LogP contribution < -0.4 is 5.32 Å². The standard InChI is InChI=1S/C27H34N4O4/c1-4-35-26(33)17-29-27(34)31(20(2)3)19-25(32)30(18-21-10-6-5-7-11-21)15-14-22-16-28-24-13-9-8-12-23(22)24/h5-13,16,20,28H,4,14-15,17-19H2,1-3H3,(H,29,34). The summed E-state index contributed by atoms with van der Waals surface area (Å²) < 4.78 is 4.87. The van der Waals surface area contributed by atoms with Crippen LogP contribution in [0.1, 0.15) is 31.9 Å². The molecule has 0 radical (unpaired) electrons. The highest BCUT2D eigenvalue weighted by Crippen LogP contribution is 2.19. The molecule has 8 heteroatoms. The smallest absolute Gasteiger partial charge is 0.325 e. The summed E-state index contributed by atoms with van der Waals surface area (Å²) in [6, 6.07) is 17.2. The van der Waals surface area contributed by atoms with E-state index in [4.69, 9.17) is 4.74 Å². The van der Waals surface area contributed by atoms with E-state index in [9.17, 15) is 14.4 Å². The summed E-state index contributed by atoms with van der Waals surface area (Å²) in [6.45, 7) is 6.24. The maximum Gasteiger partial charge on any atom is 0.325 e. The minimum atomic E-state index is -0.514. The van der Waals surface area contributed by atoms with Crippen molar-refractivity contribution in [3.8, 4) is 0 Å². The number of carbonyl (C=O) groups is 3. The molecule has 3 amide bonds. The second-order valence-electron chi connectivity index (χ2n) is 8.60. The third-order valence-electron chi connectivity index (χ3n) is 5.77. The fourth-order valence-electron chi connectivity index (χ4n) is 3.89. The van der Waals surface area contributed by atoms with Gasteiger partial charge in [0.1, 0.15) is 13.1 Å². The van der Waals surface area contributed by atoms with E-state index in [1.165, 1.54) is 4.90 Å². The Balaban J connectivity index is 1.71. The largest absolute Gasteiger partial charge is 0.465 e. The van der Waals surface area contributed by atoms with Crippen LogP contribution >= 0.6 is 0 Å². The predicted molar refractivity (Wildman–Crippen MR) is 136 cm³/mol. The number of carbonyl (C=O) groups excluding carboxylic acids is 3. The number of esters is 1. The second-order valence-corrected chi connectivity index (χ2v) is 8.60. The summed E-state index contributed by atoms with van der Waals surface area (Å²) >= 11 is 0. The molecule has 2 N–H and O–H groups in total. The van der Waals surface area contributed by atoms with E-state index in [1.807, 2.05) is 68.6 Å². The number of hydrogen-bond acceptors (Lipinski definition) is 4. The summed E-state index contributed by atoms with van der Waals surface area (Å²) in [5, 5.41) is 3.70. The van der Waals surface area contributed by atoms with Crippen molar-refractivity contribution in [1.82, 2.24) is 20.1 Å². The summed E-state index contributed by atoms with van der Waals surface area (Å²) in [5.74, 6) is -0.672. The third kappa shape index (κ3) is 7.34. The molecule has 1 aromatic heterocycles. The number of rotatable bonds is 11. The van der Waals surface area contributed by atoms with Crippen molar-refractivity contribution >= 4 is 28.8 Å². The molecule has 1 heterocycles. The number of aromatic nitrogens is 1. The van der Waals surface area contributed by atoms with E-state index in [0.29, 0.717) is 19.5 Å².